The summed E-state index contributed by atoms with van der Waals surface area (Å²) in [5.74, 6) is 0.794. The van der Waals surface area contributed by atoms with Crippen molar-refractivity contribution in [2.45, 2.75) is 38.1 Å². The van der Waals surface area contributed by atoms with E-state index in [1.54, 1.807) is 0 Å². The minimum Gasteiger partial charge on any atom is -0.351 e. The topological polar surface area (TPSA) is 29.1 Å². The number of hydrogen-bond acceptors (Lipinski definition) is 1. The van der Waals surface area contributed by atoms with Gasteiger partial charge in [-0.05, 0) is 38.2 Å². The zero-order valence-electron chi connectivity index (χ0n) is 10.9. The van der Waals surface area contributed by atoms with E-state index in [4.69, 9.17) is 0 Å². The SMILES string of the molecule is CC(C)(CCBr)NC(=O)C1CC1c1ccccc1. The lowest BCUT2D eigenvalue weighted by atomic mass is 10.0. The molecule has 0 saturated heterocycles. The van der Waals surface area contributed by atoms with Crippen molar-refractivity contribution >= 4 is 21.8 Å². The maximum absolute atomic E-state index is 12.2. The summed E-state index contributed by atoms with van der Waals surface area (Å²) >= 11 is 3.43. The first kappa shape index (κ1) is 13.6. The van der Waals surface area contributed by atoms with Crippen molar-refractivity contribution < 1.29 is 4.79 Å². The Bertz CT molecular complexity index is 416. The summed E-state index contributed by atoms with van der Waals surface area (Å²) in [6, 6.07) is 10.3. The van der Waals surface area contributed by atoms with E-state index in [2.05, 4.69) is 47.2 Å². The van der Waals surface area contributed by atoms with Crippen molar-refractivity contribution in [3.63, 3.8) is 0 Å². The average Bonchev–Trinajstić information content (AvgIpc) is 3.09. The van der Waals surface area contributed by atoms with Gasteiger partial charge >= 0.3 is 0 Å². The van der Waals surface area contributed by atoms with E-state index in [1.807, 2.05) is 18.2 Å². The van der Waals surface area contributed by atoms with Crippen LogP contribution in [0.15, 0.2) is 30.3 Å². The van der Waals surface area contributed by atoms with Gasteiger partial charge < -0.3 is 5.32 Å². The summed E-state index contributed by atoms with van der Waals surface area (Å²) in [4.78, 5) is 12.2. The predicted octanol–water partition coefficient (Wildman–Crippen LogP) is 3.47. The van der Waals surface area contributed by atoms with Crippen molar-refractivity contribution in [3.8, 4) is 0 Å². The van der Waals surface area contributed by atoms with Gasteiger partial charge in [-0.15, -0.1) is 0 Å². The molecule has 1 aromatic carbocycles. The van der Waals surface area contributed by atoms with Gasteiger partial charge in [-0.25, -0.2) is 0 Å². The van der Waals surface area contributed by atoms with Gasteiger partial charge in [0, 0.05) is 16.8 Å². The van der Waals surface area contributed by atoms with Crippen LogP contribution in [0.1, 0.15) is 38.2 Å². The van der Waals surface area contributed by atoms with Crippen LogP contribution in [-0.4, -0.2) is 16.8 Å². The highest BCUT2D eigenvalue weighted by atomic mass is 79.9. The fraction of sp³-hybridized carbons (Fsp3) is 0.533. The summed E-state index contributed by atoms with van der Waals surface area (Å²) in [5, 5.41) is 4.06. The van der Waals surface area contributed by atoms with E-state index in [0.717, 1.165) is 18.2 Å². The number of rotatable bonds is 5. The van der Waals surface area contributed by atoms with Crippen molar-refractivity contribution in [2.24, 2.45) is 5.92 Å². The summed E-state index contributed by atoms with van der Waals surface area (Å²) in [6.45, 7) is 4.15. The molecule has 0 aliphatic heterocycles. The third-order valence-corrected chi connectivity index (χ3v) is 3.93. The van der Waals surface area contributed by atoms with E-state index >= 15 is 0 Å². The minimum absolute atomic E-state index is 0.121. The highest BCUT2D eigenvalue weighted by Crippen LogP contribution is 2.47. The predicted molar refractivity (Wildman–Crippen MR) is 77.9 cm³/mol. The second kappa shape index (κ2) is 5.43. The molecule has 1 saturated carbocycles. The Labute approximate surface area is 117 Å². The molecule has 1 aliphatic carbocycles. The molecule has 2 unspecified atom stereocenters. The van der Waals surface area contributed by atoms with Crippen LogP contribution >= 0.6 is 15.9 Å². The molecule has 2 rings (SSSR count). The second-order valence-electron chi connectivity index (χ2n) is 5.67. The standard InChI is InChI=1S/C15H20BrNO/c1-15(2,8-9-16)17-14(18)13-10-12(13)11-6-4-3-5-7-11/h3-7,12-13H,8-10H2,1-2H3,(H,17,18). The van der Waals surface area contributed by atoms with Crippen molar-refractivity contribution in [2.75, 3.05) is 5.33 Å². The lowest BCUT2D eigenvalue weighted by Gasteiger charge is -2.25. The average molecular weight is 310 g/mol. The largest absolute Gasteiger partial charge is 0.351 e. The van der Waals surface area contributed by atoms with Crippen molar-refractivity contribution in [3.05, 3.63) is 35.9 Å². The molecular weight excluding hydrogens is 290 g/mol. The Balaban J connectivity index is 1.90. The first-order valence-electron chi connectivity index (χ1n) is 6.46. The molecule has 2 atom stereocenters. The number of nitrogens with one attached hydrogen (secondary N) is 1. The van der Waals surface area contributed by atoms with Crippen molar-refractivity contribution in [1.82, 2.24) is 5.32 Å². The Morgan fingerprint density at radius 1 is 1.39 bits per heavy atom. The maximum atomic E-state index is 12.2. The lowest BCUT2D eigenvalue weighted by molar-refractivity contribution is -0.124. The molecule has 0 bridgehead atoms. The van der Waals surface area contributed by atoms with Crippen LogP contribution in [0, 0.1) is 5.92 Å². The number of halogens is 1. The van der Waals surface area contributed by atoms with Gasteiger partial charge in [0.05, 0.1) is 0 Å². The number of benzene rings is 1. The summed E-state index contributed by atoms with van der Waals surface area (Å²) in [5.41, 5.74) is 1.17. The number of carbonyl (C=O) groups excluding carboxylic acids is 1. The Kier molecular flexibility index (Phi) is 4.10. The van der Waals surface area contributed by atoms with Crippen LogP contribution in [0.2, 0.25) is 0 Å². The highest BCUT2D eigenvalue weighted by Gasteiger charge is 2.44. The van der Waals surface area contributed by atoms with Gasteiger partial charge in [0.2, 0.25) is 5.91 Å². The van der Waals surface area contributed by atoms with Crippen LogP contribution in [0.25, 0.3) is 0 Å². The molecule has 1 aliphatic rings. The first-order valence-corrected chi connectivity index (χ1v) is 7.58. The Morgan fingerprint density at radius 3 is 2.67 bits per heavy atom. The van der Waals surface area contributed by atoms with E-state index < -0.39 is 0 Å². The lowest BCUT2D eigenvalue weighted by Crippen LogP contribution is -2.44. The third kappa shape index (κ3) is 3.35. The fourth-order valence-electron chi connectivity index (χ4n) is 2.28. The van der Waals surface area contributed by atoms with Gasteiger partial charge in [-0.3, -0.25) is 4.79 Å². The Morgan fingerprint density at radius 2 is 2.06 bits per heavy atom. The normalized spacial score (nSPS) is 22.6. The highest BCUT2D eigenvalue weighted by molar-refractivity contribution is 9.09. The van der Waals surface area contributed by atoms with Gasteiger partial charge in [0.25, 0.3) is 0 Å². The van der Waals surface area contributed by atoms with Gasteiger partial charge in [0.1, 0.15) is 0 Å². The number of hydrogen-bond donors (Lipinski definition) is 1. The minimum atomic E-state index is -0.121. The summed E-state index contributed by atoms with van der Waals surface area (Å²) in [6.07, 6.45) is 1.93. The number of carbonyl (C=O) groups is 1. The van der Waals surface area contributed by atoms with E-state index in [0.29, 0.717) is 5.92 Å². The zero-order chi connectivity index (χ0) is 13.2. The van der Waals surface area contributed by atoms with Gasteiger partial charge in [-0.1, -0.05) is 46.3 Å². The molecule has 0 radical (unpaired) electrons. The molecule has 0 spiro atoms. The Hall–Kier alpha value is -0.830. The molecule has 2 nitrogen and oxygen atoms in total. The molecule has 3 heteroatoms. The van der Waals surface area contributed by atoms with E-state index in [-0.39, 0.29) is 17.4 Å². The van der Waals surface area contributed by atoms with Gasteiger partial charge in [-0.2, -0.15) is 0 Å². The molecule has 1 amide bonds. The molecule has 0 heterocycles. The molecule has 18 heavy (non-hydrogen) atoms. The molecule has 1 aromatic rings. The van der Waals surface area contributed by atoms with Crippen LogP contribution in [-0.2, 0) is 4.79 Å². The van der Waals surface area contributed by atoms with E-state index in [9.17, 15) is 4.79 Å². The molecule has 1 N–H and O–H groups in total. The number of alkyl halides is 1. The van der Waals surface area contributed by atoms with Gasteiger partial charge in [0.15, 0.2) is 0 Å². The van der Waals surface area contributed by atoms with E-state index in [1.165, 1.54) is 5.56 Å². The van der Waals surface area contributed by atoms with Crippen LogP contribution in [0.4, 0.5) is 0 Å². The third-order valence-electron chi connectivity index (χ3n) is 3.54. The molecular formula is C15H20BrNO. The quantitative estimate of drug-likeness (QED) is 0.829. The van der Waals surface area contributed by atoms with Crippen LogP contribution in [0.3, 0.4) is 0 Å². The van der Waals surface area contributed by atoms with Crippen LogP contribution in [0.5, 0.6) is 0 Å². The molecule has 1 fully saturated rings. The smallest absolute Gasteiger partial charge is 0.224 e. The zero-order valence-corrected chi connectivity index (χ0v) is 12.5. The second-order valence-corrected chi connectivity index (χ2v) is 6.46. The number of amides is 1. The van der Waals surface area contributed by atoms with Crippen LogP contribution < -0.4 is 5.32 Å². The summed E-state index contributed by atoms with van der Waals surface area (Å²) < 4.78 is 0. The first-order chi connectivity index (χ1) is 8.53. The molecule has 98 valence electrons. The molecule has 0 aromatic heterocycles. The maximum Gasteiger partial charge on any atom is 0.224 e. The summed E-state index contributed by atoms with van der Waals surface area (Å²) in [7, 11) is 0. The monoisotopic (exact) mass is 309 g/mol. The fourth-order valence-corrected chi connectivity index (χ4v) is 3.27. The van der Waals surface area contributed by atoms with Crippen molar-refractivity contribution in [1.29, 1.82) is 0 Å².